The smallest absolute Gasteiger partial charge is 0.123 e. The summed E-state index contributed by atoms with van der Waals surface area (Å²) < 4.78 is 0. The molecule has 1 fully saturated rings. The second kappa shape index (κ2) is 5.11. The molecule has 0 radical (unpaired) electrons. The van der Waals surface area contributed by atoms with Crippen LogP contribution in [-0.4, -0.2) is 29.2 Å². The Labute approximate surface area is 95.9 Å². The minimum Gasteiger partial charge on any atom is -0.393 e. The normalized spacial score (nSPS) is 20.2. The average molecular weight is 216 g/mol. The van der Waals surface area contributed by atoms with E-state index >= 15 is 0 Å². The Hall–Kier alpha value is -1.37. The molecular weight excluding hydrogens is 200 g/mol. The van der Waals surface area contributed by atoms with Gasteiger partial charge in [0.2, 0.25) is 0 Å². The largest absolute Gasteiger partial charge is 0.393 e. The lowest BCUT2D eigenvalue weighted by molar-refractivity contribution is 0.0716. The molecule has 0 amide bonds. The van der Waals surface area contributed by atoms with Crippen LogP contribution in [0.2, 0.25) is 0 Å². The number of piperidine rings is 1. The molecule has 1 aromatic carbocycles. The summed E-state index contributed by atoms with van der Waals surface area (Å²) in [5.41, 5.74) is 1.04. The topological polar surface area (TPSA) is 47.3 Å². The summed E-state index contributed by atoms with van der Waals surface area (Å²) in [4.78, 5) is 2.14. The fraction of sp³-hybridized carbons (Fsp3) is 0.462. The van der Waals surface area contributed by atoms with Gasteiger partial charge in [0, 0.05) is 13.1 Å². The van der Waals surface area contributed by atoms with Crippen LogP contribution in [-0.2, 0) is 0 Å². The van der Waals surface area contributed by atoms with Crippen molar-refractivity contribution < 1.29 is 5.11 Å². The molecule has 0 saturated carbocycles. The van der Waals surface area contributed by atoms with Crippen LogP contribution in [0.1, 0.15) is 24.4 Å². The summed E-state index contributed by atoms with van der Waals surface area (Å²) >= 11 is 0. The number of nitrogens with zero attached hydrogens (tertiary/aromatic N) is 2. The third-order valence-electron chi connectivity index (χ3n) is 3.10. The Kier molecular flexibility index (Phi) is 3.55. The quantitative estimate of drug-likeness (QED) is 0.818. The Balaban J connectivity index is 2.09. The summed E-state index contributed by atoms with van der Waals surface area (Å²) in [5.74, 6) is 0. The summed E-state index contributed by atoms with van der Waals surface area (Å²) in [7, 11) is 0. The molecular formula is C13H16N2O. The molecule has 1 aliphatic rings. The third-order valence-corrected chi connectivity index (χ3v) is 3.10. The lowest BCUT2D eigenvalue weighted by Crippen LogP contribution is -2.38. The van der Waals surface area contributed by atoms with Crippen LogP contribution in [0.25, 0.3) is 0 Å². The maximum atomic E-state index is 9.44. The molecule has 1 heterocycles. The van der Waals surface area contributed by atoms with Crippen molar-refractivity contribution in [2.45, 2.75) is 25.0 Å². The molecule has 16 heavy (non-hydrogen) atoms. The first kappa shape index (κ1) is 11.1. The second-order valence-electron chi connectivity index (χ2n) is 4.21. The van der Waals surface area contributed by atoms with Gasteiger partial charge >= 0.3 is 0 Å². The molecule has 2 rings (SSSR count). The molecule has 1 atom stereocenters. The first-order valence-corrected chi connectivity index (χ1v) is 5.68. The predicted molar refractivity (Wildman–Crippen MR) is 61.6 cm³/mol. The lowest BCUT2D eigenvalue weighted by atomic mass is 10.0. The minimum absolute atomic E-state index is 0.173. The highest BCUT2D eigenvalue weighted by molar-refractivity contribution is 5.24. The van der Waals surface area contributed by atoms with Crippen LogP contribution in [0.5, 0.6) is 0 Å². The number of nitriles is 1. The zero-order valence-electron chi connectivity index (χ0n) is 9.21. The van der Waals surface area contributed by atoms with Crippen molar-refractivity contribution >= 4 is 0 Å². The monoisotopic (exact) mass is 216 g/mol. The van der Waals surface area contributed by atoms with Crippen molar-refractivity contribution in [3.8, 4) is 6.07 Å². The summed E-state index contributed by atoms with van der Waals surface area (Å²) in [5, 5.41) is 18.7. The van der Waals surface area contributed by atoms with E-state index in [4.69, 9.17) is 0 Å². The number of aliphatic hydroxyl groups excluding tert-OH is 1. The van der Waals surface area contributed by atoms with Crippen molar-refractivity contribution in [3.63, 3.8) is 0 Å². The van der Waals surface area contributed by atoms with Gasteiger partial charge in [0.15, 0.2) is 0 Å². The van der Waals surface area contributed by atoms with Crippen LogP contribution < -0.4 is 0 Å². The molecule has 3 nitrogen and oxygen atoms in total. The maximum absolute atomic E-state index is 9.44. The van der Waals surface area contributed by atoms with Gasteiger partial charge in [0.05, 0.1) is 12.2 Å². The van der Waals surface area contributed by atoms with Crippen molar-refractivity contribution in [3.05, 3.63) is 35.9 Å². The van der Waals surface area contributed by atoms with Crippen LogP contribution in [0.3, 0.4) is 0 Å². The first-order valence-electron chi connectivity index (χ1n) is 5.68. The molecule has 1 saturated heterocycles. The lowest BCUT2D eigenvalue weighted by Gasteiger charge is -2.32. The van der Waals surface area contributed by atoms with Gasteiger partial charge in [-0.15, -0.1) is 0 Å². The number of aliphatic hydroxyl groups is 1. The van der Waals surface area contributed by atoms with Gasteiger partial charge in [-0.25, -0.2) is 0 Å². The van der Waals surface area contributed by atoms with Gasteiger partial charge in [0.25, 0.3) is 0 Å². The Bertz CT molecular complexity index is 363. The van der Waals surface area contributed by atoms with Crippen molar-refractivity contribution in [2.24, 2.45) is 0 Å². The van der Waals surface area contributed by atoms with Gasteiger partial charge in [-0.2, -0.15) is 5.26 Å². The third kappa shape index (κ3) is 2.41. The molecule has 0 aromatic heterocycles. The fourth-order valence-electron chi connectivity index (χ4n) is 2.15. The van der Waals surface area contributed by atoms with Crippen molar-refractivity contribution in [2.75, 3.05) is 13.1 Å². The highest BCUT2D eigenvalue weighted by Crippen LogP contribution is 2.23. The first-order chi connectivity index (χ1) is 7.81. The Morgan fingerprint density at radius 2 is 1.88 bits per heavy atom. The van der Waals surface area contributed by atoms with E-state index in [1.165, 1.54) is 0 Å². The van der Waals surface area contributed by atoms with Gasteiger partial charge in [-0.05, 0) is 18.4 Å². The number of likely N-dealkylation sites (tertiary alicyclic amines) is 1. The molecule has 1 aromatic rings. The summed E-state index contributed by atoms with van der Waals surface area (Å²) in [6.07, 6.45) is 1.35. The van der Waals surface area contributed by atoms with Gasteiger partial charge < -0.3 is 5.11 Å². The van der Waals surface area contributed by atoms with E-state index in [0.717, 1.165) is 31.5 Å². The maximum Gasteiger partial charge on any atom is 0.123 e. The van der Waals surface area contributed by atoms with Crippen LogP contribution >= 0.6 is 0 Å². The molecule has 0 spiro atoms. The van der Waals surface area contributed by atoms with Crippen LogP contribution in [0, 0.1) is 11.3 Å². The van der Waals surface area contributed by atoms with Crippen molar-refractivity contribution in [1.82, 2.24) is 4.90 Å². The number of rotatable bonds is 2. The molecule has 1 N–H and O–H groups in total. The van der Waals surface area contributed by atoms with E-state index < -0.39 is 0 Å². The Morgan fingerprint density at radius 1 is 1.25 bits per heavy atom. The highest BCUT2D eigenvalue weighted by atomic mass is 16.3. The van der Waals surface area contributed by atoms with Gasteiger partial charge in [-0.1, -0.05) is 30.3 Å². The Morgan fingerprint density at radius 3 is 2.44 bits per heavy atom. The molecule has 0 bridgehead atoms. The standard InChI is InChI=1S/C13H16N2O/c14-10-13(11-4-2-1-3-5-11)15-8-6-12(16)7-9-15/h1-5,12-13,16H,6-9H2/t13-/m1/s1. The van der Waals surface area contributed by atoms with Gasteiger partial charge in [-0.3, -0.25) is 4.90 Å². The van der Waals surface area contributed by atoms with E-state index in [2.05, 4.69) is 11.0 Å². The SMILES string of the molecule is N#C[C@H](c1ccccc1)N1CCC(O)CC1. The van der Waals surface area contributed by atoms with Gasteiger partial charge in [0.1, 0.15) is 6.04 Å². The van der Waals surface area contributed by atoms with E-state index in [9.17, 15) is 10.4 Å². The number of hydrogen-bond donors (Lipinski definition) is 1. The van der Waals surface area contributed by atoms with E-state index in [1.807, 2.05) is 30.3 Å². The summed E-state index contributed by atoms with van der Waals surface area (Å²) in [6.45, 7) is 1.60. The van der Waals surface area contributed by atoms with Crippen molar-refractivity contribution in [1.29, 1.82) is 5.26 Å². The molecule has 3 heteroatoms. The predicted octanol–water partition coefficient (Wildman–Crippen LogP) is 1.71. The number of benzene rings is 1. The molecule has 0 unspecified atom stereocenters. The van der Waals surface area contributed by atoms with E-state index in [-0.39, 0.29) is 12.1 Å². The minimum atomic E-state index is -0.189. The number of hydrogen-bond acceptors (Lipinski definition) is 3. The van der Waals surface area contributed by atoms with E-state index in [1.54, 1.807) is 0 Å². The van der Waals surface area contributed by atoms with Crippen LogP contribution in [0.15, 0.2) is 30.3 Å². The molecule has 1 aliphatic heterocycles. The summed E-state index contributed by atoms with van der Waals surface area (Å²) in [6, 6.07) is 12.0. The zero-order chi connectivity index (χ0) is 11.4. The average Bonchev–Trinajstić information content (AvgIpc) is 2.34. The van der Waals surface area contributed by atoms with Crippen LogP contribution in [0.4, 0.5) is 0 Å². The molecule has 84 valence electrons. The molecule has 0 aliphatic carbocycles. The zero-order valence-corrected chi connectivity index (χ0v) is 9.21. The second-order valence-corrected chi connectivity index (χ2v) is 4.21. The fourth-order valence-corrected chi connectivity index (χ4v) is 2.15. The highest BCUT2D eigenvalue weighted by Gasteiger charge is 2.24. The van der Waals surface area contributed by atoms with E-state index in [0.29, 0.717) is 0 Å².